The smallest absolute Gasteiger partial charge is 0.216 e. The molecule has 1 fully saturated rings. The number of benzene rings is 1. The summed E-state index contributed by atoms with van der Waals surface area (Å²) in [5, 5.41) is 10.7. The minimum atomic E-state index is -0.546. The molecule has 0 atom stereocenters. The SMILES string of the molecule is Cc1ccc(/C(=C/NCC2CCSCC2)C(=O)C(=N)C=O)cc1. The van der Waals surface area contributed by atoms with Crippen LogP contribution < -0.4 is 5.32 Å². The molecule has 23 heavy (non-hydrogen) atoms. The van der Waals surface area contributed by atoms with E-state index < -0.39 is 11.5 Å². The molecule has 122 valence electrons. The maximum atomic E-state index is 12.3. The van der Waals surface area contributed by atoms with Crippen molar-refractivity contribution >= 4 is 35.1 Å². The van der Waals surface area contributed by atoms with Crippen LogP contribution in [0.5, 0.6) is 0 Å². The van der Waals surface area contributed by atoms with Crippen LogP contribution in [0.25, 0.3) is 5.57 Å². The largest absolute Gasteiger partial charge is 0.390 e. The van der Waals surface area contributed by atoms with Crippen molar-refractivity contribution in [3.8, 4) is 0 Å². The molecule has 2 rings (SSSR count). The highest BCUT2D eigenvalue weighted by atomic mass is 32.2. The fourth-order valence-electron chi connectivity index (χ4n) is 2.49. The predicted molar refractivity (Wildman–Crippen MR) is 96.0 cm³/mol. The van der Waals surface area contributed by atoms with Crippen molar-refractivity contribution in [3.05, 3.63) is 41.6 Å². The van der Waals surface area contributed by atoms with Crippen LogP contribution in [0, 0.1) is 18.3 Å². The molecule has 1 aliphatic rings. The van der Waals surface area contributed by atoms with E-state index in [1.54, 1.807) is 6.20 Å². The van der Waals surface area contributed by atoms with Crippen molar-refractivity contribution in [2.45, 2.75) is 19.8 Å². The van der Waals surface area contributed by atoms with Gasteiger partial charge in [0.2, 0.25) is 5.78 Å². The molecule has 0 amide bonds. The molecule has 1 aromatic carbocycles. The molecule has 4 nitrogen and oxygen atoms in total. The van der Waals surface area contributed by atoms with Gasteiger partial charge in [0.1, 0.15) is 5.71 Å². The van der Waals surface area contributed by atoms with E-state index in [9.17, 15) is 9.59 Å². The number of aryl methyl sites for hydroxylation is 1. The fraction of sp³-hybridized carbons (Fsp3) is 0.389. The summed E-state index contributed by atoms with van der Waals surface area (Å²) in [5.41, 5.74) is 1.66. The van der Waals surface area contributed by atoms with Gasteiger partial charge in [-0.2, -0.15) is 11.8 Å². The van der Waals surface area contributed by atoms with Crippen molar-refractivity contribution in [1.82, 2.24) is 5.32 Å². The molecule has 0 aromatic heterocycles. The second kappa shape index (κ2) is 8.67. The maximum Gasteiger partial charge on any atom is 0.216 e. The molecule has 0 radical (unpaired) electrons. The van der Waals surface area contributed by atoms with Gasteiger partial charge in [-0.1, -0.05) is 29.8 Å². The van der Waals surface area contributed by atoms with E-state index in [1.165, 1.54) is 24.3 Å². The van der Waals surface area contributed by atoms with Crippen molar-refractivity contribution in [1.29, 1.82) is 5.41 Å². The predicted octanol–water partition coefficient (Wildman–Crippen LogP) is 2.86. The summed E-state index contributed by atoms with van der Waals surface area (Å²) < 4.78 is 0. The average Bonchev–Trinajstić information content (AvgIpc) is 2.59. The third kappa shape index (κ3) is 5.06. The highest BCUT2D eigenvalue weighted by Gasteiger charge is 2.17. The second-order valence-electron chi connectivity index (χ2n) is 5.75. The van der Waals surface area contributed by atoms with Crippen LogP contribution >= 0.6 is 11.8 Å². The third-order valence-corrected chi connectivity index (χ3v) is 5.01. The van der Waals surface area contributed by atoms with Gasteiger partial charge in [-0.25, -0.2) is 0 Å². The Balaban J connectivity index is 2.13. The summed E-state index contributed by atoms with van der Waals surface area (Å²) in [6, 6.07) is 7.52. The molecule has 1 aliphatic heterocycles. The summed E-state index contributed by atoms with van der Waals surface area (Å²) >= 11 is 1.98. The lowest BCUT2D eigenvalue weighted by Crippen LogP contribution is -2.24. The zero-order valence-electron chi connectivity index (χ0n) is 13.3. The Labute approximate surface area is 141 Å². The number of carbonyl (C=O) groups is 2. The number of hydrogen-bond acceptors (Lipinski definition) is 5. The first-order valence-electron chi connectivity index (χ1n) is 7.78. The molecule has 0 bridgehead atoms. The molecule has 2 N–H and O–H groups in total. The first kappa shape index (κ1) is 17.5. The van der Waals surface area contributed by atoms with E-state index in [0.717, 1.165) is 17.7 Å². The van der Waals surface area contributed by atoms with Gasteiger partial charge in [0.25, 0.3) is 0 Å². The highest BCUT2D eigenvalue weighted by Crippen LogP contribution is 2.22. The summed E-state index contributed by atoms with van der Waals surface area (Å²) in [6.07, 6.45) is 4.32. The number of nitrogens with one attached hydrogen (secondary N) is 2. The number of carbonyl (C=O) groups excluding carboxylic acids is 2. The van der Waals surface area contributed by atoms with Crippen molar-refractivity contribution in [2.24, 2.45) is 5.92 Å². The first-order chi connectivity index (χ1) is 11.1. The normalized spacial score (nSPS) is 16.0. The van der Waals surface area contributed by atoms with Crippen LogP contribution in [0.1, 0.15) is 24.0 Å². The fourth-order valence-corrected chi connectivity index (χ4v) is 3.69. The van der Waals surface area contributed by atoms with Crippen LogP contribution in [-0.2, 0) is 9.59 Å². The Morgan fingerprint density at radius 2 is 1.96 bits per heavy atom. The lowest BCUT2D eigenvalue weighted by Gasteiger charge is -2.21. The second-order valence-corrected chi connectivity index (χ2v) is 6.97. The number of allylic oxidation sites excluding steroid dienone is 1. The van der Waals surface area contributed by atoms with Crippen LogP contribution in [-0.4, -0.2) is 35.8 Å². The lowest BCUT2D eigenvalue weighted by molar-refractivity contribution is -0.109. The molecular formula is C18H22N2O2S. The number of rotatable bonds is 7. The zero-order chi connectivity index (χ0) is 16.7. The van der Waals surface area contributed by atoms with E-state index in [2.05, 4.69) is 5.32 Å². The van der Waals surface area contributed by atoms with Gasteiger partial charge in [0.05, 0.1) is 0 Å². The van der Waals surface area contributed by atoms with Gasteiger partial charge in [0.15, 0.2) is 6.29 Å². The van der Waals surface area contributed by atoms with Crippen LogP contribution in [0.4, 0.5) is 0 Å². The zero-order valence-corrected chi connectivity index (χ0v) is 14.1. The van der Waals surface area contributed by atoms with Gasteiger partial charge in [-0.3, -0.25) is 15.0 Å². The minimum Gasteiger partial charge on any atom is -0.390 e. The number of hydrogen-bond donors (Lipinski definition) is 2. The highest BCUT2D eigenvalue weighted by molar-refractivity contribution is 7.99. The lowest BCUT2D eigenvalue weighted by atomic mass is 9.98. The summed E-state index contributed by atoms with van der Waals surface area (Å²) in [6.45, 7) is 2.79. The number of thioether (sulfide) groups is 1. The minimum absolute atomic E-state index is 0.294. The Morgan fingerprint density at radius 1 is 1.30 bits per heavy atom. The van der Waals surface area contributed by atoms with Gasteiger partial charge in [0, 0.05) is 18.3 Å². The molecule has 5 heteroatoms. The molecule has 0 saturated carbocycles. The van der Waals surface area contributed by atoms with E-state index in [-0.39, 0.29) is 0 Å². The van der Waals surface area contributed by atoms with Crippen LogP contribution in [0.15, 0.2) is 30.5 Å². The van der Waals surface area contributed by atoms with Crippen LogP contribution in [0.2, 0.25) is 0 Å². The molecule has 1 aromatic rings. The van der Waals surface area contributed by atoms with Crippen molar-refractivity contribution in [2.75, 3.05) is 18.1 Å². The first-order valence-corrected chi connectivity index (χ1v) is 8.94. The molecule has 1 heterocycles. The van der Waals surface area contributed by atoms with E-state index in [0.29, 0.717) is 17.8 Å². The molecule has 0 aliphatic carbocycles. The monoisotopic (exact) mass is 330 g/mol. The Bertz CT molecular complexity index is 602. The molecular weight excluding hydrogens is 308 g/mol. The van der Waals surface area contributed by atoms with E-state index in [1.807, 2.05) is 43.0 Å². The summed E-state index contributed by atoms with van der Waals surface area (Å²) in [5.74, 6) is 2.45. The quantitative estimate of drug-likeness (QED) is 0.349. The van der Waals surface area contributed by atoms with Crippen LogP contribution in [0.3, 0.4) is 0 Å². The Hall–Kier alpha value is -1.88. The Morgan fingerprint density at radius 3 is 2.57 bits per heavy atom. The van der Waals surface area contributed by atoms with E-state index >= 15 is 0 Å². The third-order valence-electron chi connectivity index (χ3n) is 3.96. The molecule has 0 spiro atoms. The summed E-state index contributed by atoms with van der Waals surface area (Å²) in [4.78, 5) is 23.0. The Kier molecular flexibility index (Phi) is 6.59. The van der Waals surface area contributed by atoms with Gasteiger partial charge >= 0.3 is 0 Å². The van der Waals surface area contributed by atoms with Gasteiger partial charge < -0.3 is 5.32 Å². The number of Topliss-reactive ketones (excluding diaryl/α,β-unsaturated/α-hetero) is 1. The standard InChI is InChI=1S/C18H22N2O2S/c1-13-2-4-15(5-3-13)16(18(22)17(19)12-21)11-20-10-14-6-8-23-9-7-14/h2-5,11-12,14,19-20H,6-10H2,1H3/b16-11-,19-17?. The van der Waals surface area contributed by atoms with Crippen molar-refractivity contribution in [3.63, 3.8) is 0 Å². The molecule has 0 unspecified atom stereocenters. The van der Waals surface area contributed by atoms with Gasteiger partial charge in [-0.05, 0) is 42.8 Å². The van der Waals surface area contributed by atoms with E-state index in [4.69, 9.17) is 5.41 Å². The average molecular weight is 330 g/mol. The summed E-state index contributed by atoms with van der Waals surface area (Å²) in [7, 11) is 0. The van der Waals surface area contributed by atoms with Crippen molar-refractivity contribution < 1.29 is 9.59 Å². The molecule has 1 saturated heterocycles. The number of ketones is 1. The topological polar surface area (TPSA) is 70.0 Å². The number of aldehydes is 1. The maximum absolute atomic E-state index is 12.3. The van der Waals surface area contributed by atoms with Gasteiger partial charge in [-0.15, -0.1) is 0 Å².